The van der Waals surface area contributed by atoms with Gasteiger partial charge in [-0.1, -0.05) is 35.5 Å². The van der Waals surface area contributed by atoms with Crippen molar-refractivity contribution in [2.45, 2.75) is 31.5 Å². The minimum atomic E-state index is -4.74. The molecule has 0 saturated carbocycles. The number of halogens is 3. The molecule has 0 bridgehead atoms. The standard InChI is InChI=1S/C20H18F3N3O3/c21-20(22,23)28-16-8-6-14(7-9-16)18-24-19(29-25-18)17-10-15(27)12-26(17)11-13-4-2-1-3-5-13/h1-9,15,17,27H,10-12H2/t15-,17+/m1/s1. The van der Waals surface area contributed by atoms with Crippen LogP contribution < -0.4 is 4.74 Å². The average Bonchev–Trinajstić information content (AvgIpc) is 3.29. The third-order valence-electron chi connectivity index (χ3n) is 4.68. The molecule has 29 heavy (non-hydrogen) atoms. The number of alkyl halides is 3. The van der Waals surface area contributed by atoms with Crippen molar-refractivity contribution in [3.63, 3.8) is 0 Å². The quantitative estimate of drug-likeness (QED) is 0.693. The van der Waals surface area contributed by atoms with Crippen molar-refractivity contribution >= 4 is 0 Å². The molecule has 9 heteroatoms. The number of aliphatic hydroxyl groups is 1. The van der Waals surface area contributed by atoms with Gasteiger partial charge < -0.3 is 14.4 Å². The van der Waals surface area contributed by atoms with E-state index in [0.717, 1.165) is 5.56 Å². The molecule has 0 amide bonds. The van der Waals surface area contributed by atoms with Crippen LogP contribution >= 0.6 is 0 Å². The molecule has 1 aromatic heterocycles. The number of likely N-dealkylation sites (tertiary alicyclic amines) is 1. The topological polar surface area (TPSA) is 71.6 Å². The second-order valence-corrected chi connectivity index (χ2v) is 6.85. The van der Waals surface area contributed by atoms with Gasteiger partial charge in [0.25, 0.3) is 0 Å². The van der Waals surface area contributed by atoms with Crippen molar-refractivity contribution in [2.24, 2.45) is 0 Å². The monoisotopic (exact) mass is 405 g/mol. The Hall–Kier alpha value is -2.91. The Balaban J connectivity index is 1.50. The summed E-state index contributed by atoms with van der Waals surface area (Å²) in [6, 6.07) is 14.9. The summed E-state index contributed by atoms with van der Waals surface area (Å²) in [5.41, 5.74) is 1.61. The van der Waals surface area contributed by atoms with Gasteiger partial charge >= 0.3 is 6.36 Å². The lowest BCUT2D eigenvalue weighted by Gasteiger charge is -2.21. The normalized spacial score (nSPS) is 20.1. The highest BCUT2D eigenvalue weighted by Crippen LogP contribution is 2.34. The molecule has 1 fully saturated rings. The van der Waals surface area contributed by atoms with Crippen LogP contribution in [0.25, 0.3) is 11.4 Å². The summed E-state index contributed by atoms with van der Waals surface area (Å²) in [6.45, 7) is 1.12. The van der Waals surface area contributed by atoms with Crippen molar-refractivity contribution in [3.05, 3.63) is 66.1 Å². The molecular formula is C20H18F3N3O3. The molecule has 2 heterocycles. The number of hydrogen-bond donors (Lipinski definition) is 1. The van der Waals surface area contributed by atoms with E-state index in [1.54, 1.807) is 0 Å². The number of nitrogens with zero attached hydrogens (tertiary/aromatic N) is 3. The van der Waals surface area contributed by atoms with Gasteiger partial charge in [-0.25, -0.2) is 0 Å². The molecule has 0 unspecified atom stereocenters. The highest BCUT2D eigenvalue weighted by Gasteiger charge is 2.36. The van der Waals surface area contributed by atoms with Gasteiger partial charge in [0.1, 0.15) is 5.75 Å². The average molecular weight is 405 g/mol. The molecule has 0 radical (unpaired) electrons. The van der Waals surface area contributed by atoms with Crippen LogP contribution in [0.3, 0.4) is 0 Å². The van der Waals surface area contributed by atoms with Crippen LogP contribution in [0.5, 0.6) is 5.75 Å². The molecular weight excluding hydrogens is 387 g/mol. The van der Waals surface area contributed by atoms with Crippen LogP contribution in [-0.4, -0.2) is 39.2 Å². The number of aromatic nitrogens is 2. The molecule has 1 N–H and O–H groups in total. The predicted octanol–water partition coefficient (Wildman–Crippen LogP) is 3.94. The first kappa shape index (κ1) is 19.4. The van der Waals surface area contributed by atoms with Gasteiger partial charge in [-0.2, -0.15) is 4.98 Å². The van der Waals surface area contributed by atoms with E-state index in [4.69, 9.17) is 4.52 Å². The number of rotatable bonds is 5. The first-order valence-corrected chi connectivity index (χ1v) is 9.03. The SMILES string of the molecule is O[C@@H]1C[C@@H](c2nc(-c3ccc(OC(F)(F)F)cc3)no2)N(Cc2ccccc2)C1. The Labute approximate surface area is 164 Å². The van der Waals surface area contributed by atoms with Crippen molar-refractivity contribution < 1.29 is 27.5 Å². The Morgan fingerprint density at radius 3 is 2.52 bits per heavy atom. The molecule has 3 aromatic rings. The number of benzene rings is 2. The predicted molar refractivity (Wildman–Crippen MR) is 96.6 cm³/mol. The van der Waals surface area contributed by atoms with Gasteiger partial charge in [0, 0.05) is 18.7 Å². The molecule has 4 rings (SSSR count). The third kappa shape index (κ3) is 4.75. The van der Waals surface area contributed by atoms with Gasteiger partial charge in [0.15, 0.2) is 0 Å². The maximum absolute atomic E-state index is 12.3. The zero-order valence-corrected chi connectivity index (χ0v) is 15.2. The lowest BCUT2D eigenvalue weighted by atomic mass is 10.1. The number of ether oxygens (including phenoxy) is 1. The summed E-state index contributed by atoms with van der Waals surface area (Å²) in [5, 5.41) is 14.1. The van der Waals surface area contributed by atoms with E-state index in [2.05, 4.69) is 19.8 Å². The van der Waals surface area contributed by atoms with Crippen molar-refractivity contribution in [1.82, 2.24) is 15.0 Å². The fraction of sp³-hybridized carbons (Fsp3) is 0.300. The first-order chi connectivity index (χ1) is 13.9. The van der Waals surface area contributed by atoms with E-state index in [-0.39, 0.29) is 17.6 Å². The zero-order valence-electron chi connectivity index (χ0n) is 15.2. The number of hydrogen-bond acceptors (Lipinski definition) is 6. The number of β-amino-alcohol motifs (C(OH)–C–C–N with tert-alkyl or cyclic N) is 1. The second kappa shape index (κ2) is 7.84. The maximum Gasteiger partial charge on any atom is 0.573 e. The molecule has 0 spiro atoms. The van der Waals surface area contributed by atoms with Crippen molar-refractivity contribution in [3.8, 4) is 17.1 Å². The summed E-state index contributed by atoms with van der Waals surface area (Å²) < 4.78 is 46.1. The maximum atomic E-state index is 12.3. The van der Waals surface area contributed by atoms with Crippen LogP contribution in [-0.2, 0) is 6.54 Å². The zero-order chi connectivity index (χ0) is 20.4. The fourth-order valence-electron chi connectivity index (χ4n) is 3.42. The van der Waals surface area contributed by atoms with Crippen molar-refractivity contribution in [1.29, 1.82) is 0 Å². The minimum Gasteiger partial charge on any atom is -0.406 e. The molecule has 152 valence electrons. The largest absolute Gasteiger partial charge is 0.573 e. The summed E-state index contributed by atoms with van der Waals surface area (Å²) in [5.74, 6) is 0.306. The minimum absolute atomic E-state index is 0.237. The number of aliphatic hydroxyl groups excluding tert-OH is 1. The highest BCUT2D eigenvalue weighted by atomic mass is 19.4. The van der Waals surface area contributed by atoms with Crippen LogP contribution in [0.4, 0.5) is 13.2 Å². The van der Waals surface area contributed by atoms with Crippen LogP contribution in [0.2, 0.25) is 0 Å². The van der Waals surface area contributed by atoms with E-state index in [9.17, 15) is 18.3 Å². The second-order valence-electron chi connectivity index (χ2n) is 6.85. The summed E-state index contributed by atoms with van der Waals surface area (Å²) in [4.78, 5) is 6.47. The summed E-state index contributed by atoms with van der Waals surface area (Å²) in [7, 11) is 0. The van der Waals surface area contributed by atoms with Crippen LogP contribution in [0, 0.1) is 0 Å². The fourth-order valence-corrected chi connectivity index (χ4v) is 3.42. The van der Waals surface area contributed by atoms with E-state index in [1.807, 2.05) is 30.3 Å². The van der Waals surface area contributed by atoms with Crippen LogP contribution in [0.1, 0.15) is 23.9 Å². The van der Waals surface area contributed by atoms with E-state index >= 15 is 0 Å². The molecule has 1 aliphatic heterocycles. The van der Waals surface area contributed by atoms with Crippen LogP contribution in [0.15, 0.2) is 59.1 Å². The Bertz CT molecular complexity index is 945. The lowest BCUT2D eigenvalue weighted by molar-refractivity contribution is -0.274. The first-order valence-electron chi connectivity index (χ1n) is 9.03. The van der Waals surface area contributed by atoms with Gasteiger partial charge in [-0.05, 0) is 36.2 Å². The summed E-state index contributed by atoms with van der Waals surface area (Å²) in [6.07, 6.45) is -4.78. The molecule has 6 nitrogen and oxygen atoms in total. The third-order valence-corrected chi connectivity index (χ3v) is 4.68. The lowest BCUT2D eigenvalue weighted by Crippen LogP contribution is -2.24. The highest BCUT2D eigenvalue weighted by molar-refractivity contribution is 5.55. The Morgan fingerprint density at radius 2 is 1.83 bits per heavy atom. The molecule has 0 aliphatic carbocycles. The molecule has 1 saturated heterocycles. The Morgan fingerprint density at radius 1 is 1.10 bits per heavy atom. The summed E-state index contributed by atoms with van der Waals surface area (Å²) >= 11 is 0. The van der Waals surface area contributed by atoms with E-state index < -0.39 is 12.5 Å². The van der Waals surface area contributed by atoms with Crippen molar-refractivity contribution in [2.75, 3.05) is 6.54 Å². The molecule has 2 aromatic carbocycles. The van der Waals surface area contributed by atoms with Gasteiger partial charge in [-0.15, -0.1) is 13.2 Å². The molecule has 1 aliphatic rings. The smallest absolute Gasteiger partial charge is 0.406 e. The van der Waals surface area contributed by atoms with Gasteiger partial charge in [0.05, 0.1) is 12.1 Å². The van der Waals surface area contributed by atoms with Gasteiger partial charge in [-0.3, -0.25) is 4.90 Å². The van der Waals surface area contributed by atoms with Gasteiger partial charge in [0.2, 0.25) is 11.7 Å². The Kier molecular flexibility index (Phi) is 5.25. The van der Waals surface area contributed by atoms with E-state index in [0.29, 0.717) is 31.0 Å². The molecule has 2 atom stereocenters. The van der Waals surface area contributed by atoms with E-state index in [1.165, 1.54) is 24.3 Å².